The molecule has 0 aliphatic heterocycles. The number of unbranched alkanes of at least 4 members (excludes halogenated alkanes) is 3. The highest BCUT2D eigenvalue weighted by molar-refractivity contribution is 6.17. The van der Waals surface area contributed by atoms with Gasteiger partial charge in [0, 0.05) is 24.2 Å². The molecule has 1 heterocycles. The molecule has 0 amide bonds. The zero-order chi connectivity index (χ0) is 11.1. The molecule has 3 heteroatoms. The summed E-state index contributed by atoms with van der Waals surface area (Å²) in [5, 5.41) is 0. The molecule has 0 N–H and O–H groups in total. The van der Waals surface area contributed by atoms with Crippen LogP contribution in [0.2, 0.25) is 0 Å². The van der Waals surface area contributed by atoms with E-state index in [9.17, 15) is 4.79 Å². The molecular weight excluding hydrogens is 210 g/mol. The van der Waals surface area contributed by atoms with E-state index in [2.05, 4.69) is 0 Å². The highest BCUT2D eigenvalue weighted by Gasteiger charge is 1.97. The quantitative estimate of drug-likeness (QED) is 0.541. The fourth-order valence-electron chi connectivity index (χ4n) is 1.56. The number of hydrogen-bond acceptors (Lipinski definition) is 1. The van der Waals surface area contributed by atoms with E-state index in [1.165, 1.54) is 0 Å². The predicted molar refractivity (Wildman–Crippen MR) is 64.6 cm³/mol. The van der Waals surface area contributed by atoms with Gasteiger partial charge in [-0.05, 0) is 25.8 Å². The van der Waals surface area contributed by atoms with Crippen molar-refractivity contribution in [2.75, 3.05) is 5.88 Å². The molecule has 2 nitrogen and oxygen atoms in total. The lowest BCUT2D eigenvalue weighted by Crippen LogP contribution is -2.21. The first-order valence-electron chi connectivity index (χ1n) is 5.47. The van der Waals surface area contributed by atoms with Crippen molar-refractivity contribution in [3.8, 4) is 0 Å². The van der Waals surface area contributed by atoms with Crippen LogP contribution in [0, 0.1) is 6.92 Å². The number of aryl methyl sites for hydroxylation is 2. The van der Waals surface area contributed by atoms with Gasteiger partial charge in [-0.25, -0.2) is 0 Å². The summed E-state index contributed by atoms with van der Waals surface area (Å²) in [4.78, 5) is 11.6. The summed E-state index contributed by atoms with van der Waals surface area (Å²) >= 11 is 5.59. The third-order valence-electron chi connectivity index (χ3n) is 2.49. The summed E-state index contributed by atoms with van der Waals surface area (Å²) in [6.07, 6.45) is 6.29. The second-order valence-electron chi connectivity index (χ2n) is 3.79. The summed E-state index contributed by atoms with van der Waals surface area (Å²) in [5.74, 6) is 0.740. The van der Waals surface area contributed by atoms with E-state index in [-0.39, 0.29) is 5.56 Å². The number of alkyl halides is 1. The van der Waals surface area contributed by atoms with Gasteiger partial charge in [-0.3, -0.25) is 4.79 Å². The van der Waals surface area contributed by atoms with Crippen LogP contribution in [0.5, 0.6) is 0 Å². The molecule has 0 atom stereocenters. The predicted octanol–water partition coefficient (Wildman–Crippen LogP) is 2.96. The first-order chi connectivity index (χ1) is 7.25. The van der Waals surface area contributed by atoms with Crippen molar-refractivity contribution < 1.29 is 0 Å². The maximum atomic E-state index is 11.6. The molecule has 84 valence electrons. The molecule has 0 bridgehead atoms. The smallest absolute Gasteiger partial charge is 0.253 e. The Morgan fingerprint density at radius 1 is 1.27 bits per heavy atom. The standard InChI is InChI=1S/C12H18ClNO/c1-11-7-6-10-14(12(11)15)9-5-3-2-4-8-13/h6-7,10H,2-5,8-9H2,1H3. The van der Waals surface area contributed by atoms with Crippen LogP contribution < -0.4 is 5.56 Å². The Morgan fingerprint density at radius 3 is 2.73 bits per heavy atom. The zero-order valence-corrected chi connectivity index (χ0v) is 9.96. The fourth-order valence-corrected chi connectivity index (χ4v) is 1.75. The minimum Gasteiger partial charge on any atom is -0.315 e. The number of pyridine rings is 1. The Labute approximate surface area is 95.9 Å². The van der Waals surface area contributed by atoms with Crippen LogP contribution in [-0.4, -0.2) is 10.4 Å². The zero-order valence-electron chi connectivity index (χ0n) is 9.21. The van der Waals surface area contributed by atoms with Crippen LogP contribution in [0.15, 0.2) is 23.1 Å². The average molecular weight is 228 g/mol. The van der Waals surface area contributed by atoms with Crippen molar-refractivity contribution in [3.63, 3.8) is 0 Å². The van der Waals surface area contributed by atoms with Gasteiger partial charge >= 0.3 is 0 Å². The van der Waals surface area contributed by atoms with E-state index in [0.29, 0.717) is 0 Å². The Balaban J connectivity index is 2.38. The molecule has 0 saturated heterocycles. The molecule has 0 aliphatic carbocycles. The third-order valence-corrected chi connectivity index (χ3v) is 2.76. The number of hydrogen-bond donors (Lipinski definition) is 0. The molecule has 0 saturated carbocycles. The third kappa shape index (κ3) is 4.08. The van der Waals surface area contributed by atoms with Crippen molar-refractivity contribution >= 4 is 11.6 Å². The van der Waals surface area contributed by atoms with Gasteiger partial charge < -0.3 is 4.57 Å². The van der Waals surface area contributed by atoms with E-state index < -0.39 is 0 Å². The Kier molecular flexibility index (Phi) is 5.48. The minimum absolute atomic E-state index is 0.134. The van der Waals surface area contributed by atoms with Crippen molar-refractivity contribution in [1.29, 1.82) is 0 Å². The second-order valence-corrected chi connectivity index (χ2v) is 4.17. The maximum absolute atomic E-state index is 11.6. The van der Waals surface area contributed by atoms with Crippen molar-refractivity contribution in [3.05, 3.63) is 34.2 Å². The molecule has 1 aromatic heterocycles. The fraction of sp³-hybridized carbons (Fsp3) is 0.583. The lowest BCUT2D eigenvalue weighted by atomic mass is 10.2. The van der Waals surface area contributed by atoms with Gasteiger partial charge in [0.05, 0.1) is 0 Å². The highest BCUT2D eigenvalue weighted by Crippen LogP contribution is 2.02. The first kappa shape index (κ1) is 12.3. The SMILES string of the molecule is Cc1cccn(CCCCCCCl)c1=O. The van der Waals surface area contributed by atoms with Crippen LogP contribution in [0.25, 0.3) is 0 Å². The second kappa shape index (κ2) is 6.67. The van der Waals surface area contributed by atoms with Gasteiger partial charge in [0.1, 0.15) is 0 Å². The van der Waals surface area contributed by atoms with E-state index in [0.717, 1.165) is 43.7 Å². The lowest BCUT2D eigenvalue weighted by Gasteiger charge is -2.05. The van der Waals surface area contributed by atoms with E-state index in [1.807, 2.05) is 25.3 Å². The van der Waals surface area contributed by atoms with Crippen molar-refractivity contribution in [2.24, 2.45) is 0 Å². The highest BCUT2D eigenvalue weighted by atomic mass is 35.5. The van der Waals surface area contributed by atoms with E-state index in [1.54, 1.807) is 4.57 Å². The van der Waals surface area contributed by atoms with Gasteiger partial charge in [-0.15, -0.1) is 11.6 Å². The molecular formula is C12H18ClNO. The normalized spacial score (nSPS) is 10.5. The molecule has 1 rings (SSSR count). The summed E-state index contributed by atoms with van der Waals surface area (Å²) < 4.78 is 1.79. The molecule has 0 spiro atoms. The van der Waals surface area contributed by atoms with Gasteiger partial charge in [0.25, 0.3) is 5.56 Å². The average Bonchev–Trinajstić information content (AvgIpc) is 2.24. The molecule has 0 aliphatic rings. The topological polar surface area (TPSA) is 22.0 Å². The van der Waals surface area contributed by atoms with Crippen LogP contribution in [0.3, 0.4) is 0 Å². The molecule has 0 unspecified atom stereocenters. The molecule has 15 heavy (non-hydrogen) atoms. The van der Waals surface area contributed by atoms with Crippen LogP contribution in [-0.2, 0) is 6.54 Å². The van der Waals surface area contributed by atoms with Crippen LogP contribution in [0.1, 0.15) is 31.2 Å². The number of rotatable bonds is 6. The van der Waals surface area contributed by atoms with Gasteiger partial charge in [0.15, 0.2) is 0 Å². The molecule has 0 aromatic carbocycles. The number of aromatic nitrogens is 1. The minimum atomic E-state index is 0.134. The molecule has 0 radical (unpaired) electrons. The largest absolute Gasteiger partial charge is 0.315 e. The van der Waals surface area contributed by atoms with E-state index in [4.69, 9.17) is 11.6 Å². The van der Waals surface area contributed by atoms with Gasteiger partial charge in [0.2, 0.25) is 0 Å². The van der Waals surface area contributed by atoms with E-state index >= 15 is 0 Å². The number of halogens is 1. The van der Waals surface area contributed by atoms with Gasteiger partial charge in [-0.2, -0.15) is 0 Å². The molecule has 0 fully saturated rings. The Bertz CT molecular complexity index is 346. The lowest BCUT2D eigenvalue weighted by molar-refractivity contribution is 0.570. The van der Waals surface area contributed by atoms with Crippen LogP contribution in [0.4, 0.5) is 0 Å². The summed E-state index contributed by atoms with van der Waals surface area (Å²) in [5.41, 5.74) is 0.952. The first-order valence-corrected chi connectivity index (χ1v) is 6.01. The Morgan fingerprint density at radius 2 is 2.00 bits per heavy atom. The number of nitrogens with zero attached hydrogens (tertiary/aromatic N) is 1. The molecule has 1 aromatic rings. The van der Waals surface area contributed by atoms with Crippen molar-refractivity contribution in [1.82, 2.24) is 4.57 Å². The Hall–Kier alpha value is -0.760. The van der Waals surface area contributed by atoms with Crippen LogP contribution >= 0.6 is 11.6 Å². The van der Waals surface area contributed by atoms with Crippen molar-refractivity contribution in [2.45, 2.75) is 39.2 Å². The summed E-state index contributed by atoms with van der Waals surface area (Å²) in [7, 11) is 0. The monoisotopic (exact) mass is 227 g/mol. The maximum Gasteiger partial charge on any atom is 0.253 e. The summed E-state index contributed by atoms with van der Waals surface area (Å²) in [6, 6.07) is 3.78. The summed E-state index contributed by atoms with van der Waals surface area (Å²) in [6.45, 7) is 2.68. The van der Waals surface area contributed by atoms with Gasteiger partial charge in [-0.1, -0.05) is 18.9 Å².